The molecule has 2 rings (SSSR count). The van der Waals surface area contributed by atoms with Crippen molar-refractivity contribution in [1.29, 1.82) is 0 Å². The zero-order valence-electron chi connectivity index (χ0n) is 14.0. The number of aliphatic hydroxyl groups excluding tert-OH is 1. The van der Waals surface area contributed by atoms with Gasteiger partial charge in [-0.05, 0) is 36.6 Å². The van der Waals surface area contributed by atoms with Crippen LogP contribution in [0.1, 0.15) is 24.0 Å². The van der Waals surface area contributed by atoms with Crippen LogP contribution in [0.25, 0.3) is 0 Å². The van der Waals surface area contributed by atoms with E-state index in [-0.39, 0.29) is 12.4 Å². The maximum absolute atomic E-state index is 14.0. The molecule has 5 heteroatoms. The molecule has 0 fully saturated rings. The standard InChI is InChI=1S/C20H22F3NO/c1-2-3-4-19(25)14-24(12-15-5-8-17(21)9-6-15)13-16-7-10-18(22)11-20(16)23/h2,5-11,19,25H,1,3-4,12-14H2/t19-/m0/s1. The third-order valence-corrected chi connectivity index (χ3v) is 3.90. The highest BCUT2D eigenvalue weighted by molar-refractivity contribution is 5.20. The summed E-state index contributed by atoms with van der Waals surface area (Å²) in [6.07, 6.45) is 2.36. The number of hydrogen-bond acceptors (Lipinski definition) is 2. The molecular weight excluding hydrogens is 327 g/mol. The lowest BCUT2D eigenvalue weighted by atomic mass is 10.1. The molecule has 1 N–H and O–H groups in total. The van der Waals surface area contributed by atoms with Gasteiger partial charge in [0.25, 0.3) is 0 Å². The smallest absolute Gasteiger partial charge is 0.130 e. The van der Waals surface area contributed by atoms with Gasteiger partial charge in [0, 0.05) is 31.3 Å². The van der Waals surface area contributed by atoms with Crippen LogP contribution in [-0.2, 0) is 13.1 Å². The number of allylic oxidation sites excluding steroid dienone is 1. The summed E-state index contributed by atoms with van der Waals surface area (Å²) in [5.74, 6) is -1.58. The summed E-state index contributed by atoms with van der Waals surface area (Å²) in [5, 5.41) is 10.2. The second-order valence-electron chi connectivity index (χ2n) is 6.05. The van der Waals surface area contributed by atoms with E-state index in [1.807, 2.05) is 4.90 Å². The number of benzene rings is 2. The SMILES string of the molecule is C=CCC[C@H](O)CN(Cc1ccc(F)cc1)Cc1ccc(F)cc1F. The molecule has 0 saturated heterocycles. The number of hydrogen-bond donors (Lipinski definition) is 1. The van der Waals surface area contributed by atoms with Gasteiger partial charge in [-0.3, -0.25) is 4.90 Å². The molecule has 0 amide bonds. The Kier molecular flexibility index (Phi) is 7.22. The average Bonchev–Trinajstić information content (AvgIpc) is 2.57. The van der Waals surface area contributed by atoms with Crippen molar-refractivity contribution >= 4 is 0 Å². The highest BCUT2D eigenvalue weighted by Crippen LogP contribution is 2.16. The van der Waals surface area contributed by atoms with Crippen LogP contribution in [-0.4, -0.2) is 22.7 Å². The van der Waals surface area contributed by atoms with Crippen LogP contribution >= 0.6 is 0 Å². The lowest BCUT2D eigenvalue weighted by Gasteiger charge is -2.25. The summed E-state index contributed by atoms with van der Waals surface area (Å²) < 4.78 is 40.1. The molecule has 0 saturated carbocycles. The molecule has 0 heterocycles. The van der Waals surface area contributed by atoms with Crippen molar-refractivity contribution in [2.45, 2.75) is 32.0 Å². The van der Waals surface area contributed by atoms with Crippen molar-refractivity contribution in [3.63, 3.8) is 0 Å². The molecular formula is C20H22F3NO. The topological polar surface area (TPSA) is 23.5 Å². The predicted octanol–water partition coefficient (Wildman–Crippen LogP) is 4.43. The fourth-order valence-electron chi connectivity index (χ4n) is 2.62. The molecule has 0 aliphatic carbocycles. The molecule has 134 valence electrons. The van der Waals surface area contributed by atoms with Crippen molar-refractivity contribution in [3.8, 4) is 0 Å². The van der Waals surface area contributed by atoms with Crippen LogP contribution in [0.4, 0.5) is 13.2 Å². The third kappa shape index (κ3) is 6.36. The van der Waals surface area contributed by atoms with Gasteiger partial charge in [-0.1, -0.05) is 24.3 Å². The van der Waals surface area contributed by atoms with Gasteiger partial charge < -0.3 is 5.11 Å². The quantitative estimate of drug-likeness (QED) is 0.677. The normalized spacial score (nSPS) is 12.4. The Hall–Kier alpha value is -2.11. The Morgan fingerprint density at radius 1 is 1.00 bits per heavy atom. The van der Waals surface area contributed by atoms with E-state index in [4.69, 9.17) is 0 Å². The van der Waals surface area contributed by atoms with Gasteiger partial charge in [0.2, 0.25) is 0 Å². The number of halogens is 3. The van der Waals surface area contributed by atoms with Gasteiger partial charge >= 0.3 is 0 Å². The Balaban J connectivity index is 2.12. The van der Waals surface area contributed by atoms with E-state index in [0.717, 1.165) is 11.6 Å². The number of nitrogens with zero attached hydrogens (tertiary/aromatic N) is 1. The van der Waals surface area contributed by atoms with Crippen molar-refractivity contribution in [2.75, 3.05) is 6.54 Å². The fourth-order valence-corrected chi connectivity index (χ4v) is 2.62. The van der Waals surface area contributed by atoms with E-state index in [9.17, 15) is 18.3 Å². The van der Waals surface area contributed by atoms with Crippen LogP contribution in [0.3, 0.4) is 0 Å². The van der Waals surface area contributed by atoms with Gasteiger partial charge in [0.05, 0.1) is 6.10 Å². The molecule has 0 aromatic heterocycles. The van der Waals surface area contributed by atoms with Gasteiger partial charge in [-0.25, -0.2) is 13.2 Å². The van der Waals surface area contributed by atoms with Crippen LogP contribution in [0.15, 0.2) is 55.1 Å². The molecule has 2 nitrogen and oxygen atoms in total. The molecule has 0 bridgehead atoms. The highest BCUT2D eigenvalue weighted by Gasteiger charge is 2.15. The zero-order valence-corrected chi connectivity index (χ0v) is 14.0. The summed E-state index contributed by atoms with van der Waals surface area (Å²) in [6.45, 7) is 4.59. The fraction of sp³-hybridized carbons (Fsp3) is 0.300. The highest BCUT2D eigenvalue weighted by atomic mass is 19.1. The van der Waals surface area contributed by atoms with E-state index in [1.165, 1.54) is 24.3 Å². The molecule has 0 spiro atoms. The summed E-state index contributed by atoms with van der Waals surface area (Å²) >= 11 is 0. The Morgan fingerprint density at radius 2 is 1.68 bits per heavy atom. The van der Waals surface area contributed by atoms with E-state index >= 15 is 0 Å². The molecule has 0 aliphatic rings. The number of aliphatic hydroxyl groups is 1. The second-order valence-corrected chi connectivity index (χ2v) is 6.05. The first-order valence-corrected chi connectivity index (χ1v) is 8.17. The lowest BCUT2D eigenvalue weighted by Crippen LogP contribution is -2.32. The maximum atomic E-state index is 14.0. The van der Waals surface area contributed by atoms with E-state index in [0.29, 0.717) is 31.5 Å². The van der Waals surface area contributed by atoms with Gasteiger partial charge in [0.15, 0.2) is 0 Å². The molecule has 0 radical (unpaired) electrons. The molecule has 0 aliphatic heterocycles. The zero-order chi connectivity index (χ0) is 18.2. The average molecular weight is 349 g/mol. The molecule has 0 unspecified atom stereocenters. The predicted molar refractivity (Wildman–Crippen MR) is 92.3 cm³/mol. The summed E-state index contributed by atoms with van der Waals surface area (Å²) in [7, 11) is 0. The third-order valence-electron chi connectivity index (χ3n) is 3.90. The van der Waals surface area contributed by atoms with Crippen LogP contribution in [0.2, 0.25) is 0 Å². The maximum Gasteiger partial charge on any atom is 0.130 e. The molecule has 2 aromatic rings. The minimum Gasteiger partial charge on any atom is -0.392 e. The van der Waals surface area contributed by atoms with E-state index < -0.39 is 17.7 Å². The lowest BCUT2D eigenvalue weighted by molar-refractivity contribution is 0.0977. The van der Waals surface area contributed by atoms with E-state index in [1.54, 1.807) is 18.2 Å². The van der Waals surface area contributed by atoms with Crippen LogP contribution < -0.4 is 0 Å². The first-order chi connectivity index (χ1) is 12.0. The first kappa shape index (κ1) is 19.2. The number of rotatable bonds is 9. The van der Waals surface area contributed by atoms with Gasteiger partial charge in [0.1, 0.15) is 17.5 Å². The Morgan fingerprint density at radius 3 is 2.32 bits per heavy atom. The Labute approximate surface area is 146 Å². The molecule has 25 heavy (non-hydrogen) atoms. The van der Waals surface area contributed by atoms with Crippen molar-refractivity contribution in [2.24, 2.45) is 0 Å². The van der Waals surface area contributed by atoms with Gasteiger partial charge in [-0.2, -0.15) is 0 Å². The van der Waals surface area contributed by atoms with E-state index in [2.05, 4.69) is 6.58 Å². The molecule has 1 atom stereocenters. The summed E-state index contributed by atoms with van der Waals surface area (Å²) in [4.78, 5) is 1.86. The minimum atomic E-state index is -0.627. The Bertz CT molecular complexity index is 688. The van der Waals surface area contributed by atoms with Crippen LogP contribution in [0.5, 0.6) is 0 Å². The minimum absolute atomic E-state index is 0.217. The van der Waals surface area contributed by atoms with Crippen molar-refractivity contribution in [3.05, 3.63) is 83.7 Å². The first-order valence-electron chi connectivity index (χ1n) is 8.17. The summed E-state index contributed by atoms with van der Waals surface area (Å²) in [6, 6.07) is 9.49. The second kappa shape index (κ2) is 9.39. The van der Waals surface area contributed by atoms with Crippen molar-refractivity contribution in [1.82, 2.24) is 4.90 Å². The monoisotopic (exact) mass is 349 g/mol. The van der Waals surface area contributed by atoms with Crippen molar-refractivity contribution < 1.29 is 18.3 Å². The largest absolute Gasteiger partial charge is 0.392 e. The van der Waals surface area contributed by atoms with Gasteiger partial charge in [-0.15, -0.1) is 6.58 Å². The summed E-state index contributed by atoms with van der Waals surface area (Å²) in [5.41, 5.74) is 1.19. The van der Waals surface area contributed by atoms with Crippen LogP contribution in [0, 0.1) is 17.5 Å². The molecule has 2 aromatic carbocycles.